The average Bonchev–Trinajstić information content (AvgIpc) is 2.70. The summed E-state index contributed by atoms with van der Waals surface area (Å²) in [6.07, 6.45) is 1.55. The highest BCUT2D eigenvalue weighted by molar-refractivity contribution is 7.92. The number of hydrogen-bond acceptors (Lipinski definition) is 4. The number of aromatic nitrogens is 1. The van der Waals surface area contributed by atoms with Crippen LogP contribution >= 0.6 is 58.8 Å². The Bertz CT molecular complexity index is 1390. The highest BCUT2D eigenvalue weighted by Gasteiger charge is 2.20. The zero-order valence-electron chi connectivity index (χ0n) is 15.9. The van der Waals surface area contributed by atoms with Crippen molar-refractivity contribution in [1.82, 2.24) is 4.98 Å². The summed E-state index contributed by atoms with van der Waals surface area (Å²) in [6.45, 7) is 0. The first-order chi connectivity index (χ1) is 14.7. The molecule has 0 aliphatic rings. The van der Waals surface area contributed by atoms with Crippen LogP contribution in [0.3, 0.4) is 0 Å². The molecule has 0 spiro atoms. The SMILES string of the molecule is Cl.O=S(=O)(Nc1cc(Cl)c(Oc2cnc3ccccc3c2)c(Cl)c1)c1ccc(Cl)cc1Cl. The van der Waals surface area contributed by atoms with Crippen LogP contribution in [0.15, 0.2) is 71.8 Å². The van der Waals surface area contributed by atoms with Crippen LogP contribution in [0.5, 0.6) is 11.5 Å². The summed E-state index contributed by atoms with van der Waals surface area (Å²) in [5, 5.41) is 1.42. The van der Waals surface area contributed by atoms with E-state index in [-0.39, 0.29) is 43.8 Å². The number of para-hydroxylation sites is 1. The molecule has 1 aromatic heterocycles. The van der Waals surface area contributed by atoms with Crippen molar-refractivity contribution in [2.75, 3.05) is 4.72 Å². The van der Waals surface area contributed by atoms with Gasteiger partial charge in [0.2, 0.25) is 0 Å². The molecule has 0 radical (unpaired) electrons. The van der Waals surface area contributed by atoms with Gasteiger partial charge in [0.25, 0.3) is 10.0 Å². The Morgan fingerprint density at radius 3 is 2.22 bits per heavy atom. The zero-order chi connectivity index (χ0) is 22.2. The fourth-order valence-electron chi connectivity index (χ4n) is 2.84. The van der Waals surface area contributed by atoms with Gasteiger partial charge in [-0.15, -0.1) is 12.4 Å². The second kappa shape index (κ2) is 9.91. The lowest BCUT2D eigenvalue weighted by molar-refractivity contribution is 0.482. The van der Waals surface area contributed by atoms with Crippen LogP contribution in [0.4, 0.5) is 5.69 Å². The van der Waals surface area contributed by atoms with Crippen LogP contribution in [0.25, 0.3) is 10.9 Å². The molecule has 4 rings (SSSR count). The number of pyridine rings is 1. The van der Waals surface area contributed by atoms with E-state index in [2.05, 4.69) is 9.71 Å². The van der Waals surface area contributed by atoms with Crippen molar-refractivity contribution in [3.05, 3.63) is 87.0 Å². The summed E-state index contributed by atoms with van der Waals surface area (Å²) < 4.78 is 33.6. The molecule has 166 valence electrons. The Labute approximate surface area is 210 Å². The fraction of sp³-hybridized carbons (Fsp3) is 0. The molecule has 0 atom stereocenters. The number of ether oxygens (including phenoxy) is 1. The lowest BCUT2D eigenvalue weighted by Crippen LogP contribution is -2.13. The van der Waals surface area contributed by atoms with E-state index in [1.54, 1.807) is 12.3 Å². The zero-order valence-corrected chi connectivity index (χ0v) is 20.5. The summed E-state index contributed by atoms with van der Waals surface area (Å²) in [5.74, 6) is 0.608. The maximum Gasteiger partial charge on any atom is 0.263 e. The van der Waals surface area contributed by atoms with Crippen molar-refractivity contribution in [3.63, 3.8) is 0 Å². The molecular weight excluding hydrogens is 538 g/mol. The Hall–Kier alpha value is -1.93. The highest BCUT2D eigenvalue weighted by Crippen LogP contribution is 2.40. The molecule has 1 heterocycles. The molecule has 0 saturated heterocycles. The topological polar surface area (TPSA) is 68.3 Å². The molecule has 1 N–H and O–H groups in total. The van der Waals surface area contributed by atoms with E-state index in [1.165, 1.54) is 30.3 Å². The fourth-order valence-corrected chi connectivity index (χ4v) is 5.22. The van der Waals surface area contributed by atoms with Gasteiger partial charge in [0.05, 0.1) is 32.5 Å². The summed E-state index contributed by atoms with van der Waals surface area (Å²) in [4.78, 5) is 4.19. The Morgan fingerprint density at radius 2 is 1.53 bits per heavy atom. The number of halogens is 5. The molecular formula is C21H13Cl5N2O3S. The van der Waals surface area contributed by atoms with Crippen molar-refractivity contribution >= 4 is 85.4 Å². The molecule has 5 nitrogen and oxygen atoms in total. The number of nitrogens with zero attached hydrogens (tertiary/aromatic N) is 1. The van der Waals surface area contributed by atoms with E-state index >= 15 is 0 Å². The smallest absolute Gasteiger partial charge is 0.263 e. The van der Waals surface area contributed by atoms with E-state index in [0.29, 0.717) is 10.8 Å². The lowest BCUT2D eigenvalue weighted by Gasteiger charge is -2.14. The first-order valence-electron chi connectivity index (χ1n) is 8.72. The van der Waals surface area contributed by atoms with Crippen LogP contribution in [-0.2, 0) is 10.0 Å². The van der Waals surface area contributed by atoms with Crippen molar-refractivity contribution < 1.29 is 13.2 Å². The van der Waals surface area contributed by atoms with Crippen LogP contribution in [0, 0.1) is 0 Å². The maximum absolute atomic E-state index is 12.7. The van der Waals surface area contributed by atoms with Crippen LogP contribution < -0.4 is 9.46 Å². The minimum Gasteiger partial charge on any atom is -0.453 e. The molecule has 0 unspecified atom stereocenters. The van der Waals surface area contributed by atoms with E-state index in [1.807, 2.05) is 24.3 Å². The first-order valence-corrected chi connectivity index (χ1v) is 11.7. The Balaban J connectivity index is 0.00000289. The molecule has 32 heavy (non-hydrogen) atoms. The molecule has 0 aliphatic heterocycles. The molecule has 0 fully saturated rings. The predicted octanol–water partition coefficient (Wildman–Crippen LogP) is 7.86. The summed E-state index contributed by atoms with van der Waals surface area (Å²) >= 11 is 24.5. The first kappa shape index (κ1) is 24.7. The maximum atomic E-state index is 12.7. The van der Waals surface area contributed by atoms with Gasteiger partial charge in [0.1, 0.15) is 10.6 Å². The number of hydrogen-bond donors (Lipinski definition) is 1. The Morgan fingerprint density at radius 1 is 0.844 bits per heavy atom. The monoisotopic (exact) mass is 548 g/mol. The second-order valence-corrected chi connectivity index (χ2v) is 9.72. The van der Waals surface area contributed by atoms with Gasteiger partial charge in [0, 0.05) is 10.4 Å². The number of sulfonamides is 1. The van der Waals surface area contributed by atoms with Gasteiger partial charge in [0.15, 0.2) is 5.75 Å². The third-order valence-electron chi connectivity index (χ3n) is 4.22. The number of rotatable bonds is 5. The number of anilines is 1. The lowest BCUT2D eigenvalue weighted by atomic mass is 10.2. The normalized spacial score (nSPS) is 11.1. The minimum absolute atomic E-state index is 0. The largest absolute Gasteiger partial charge is 0.453 e. The average molecular weight is 551 g/mol. The third kappa shape index (κ3) is 5.34. The Kier molecular flexibility index (Phi) is 7.65. The van der Waals surface area contributed by atoms with Gasteiger partial charge in [-0.2, -0.15) is 0 Å². The quantitative estimate of drug-likeness (QED) is 0.275. The second-order valence-electron chi connectivity index (χ2n) is 6.42. The molecule has 0 saturated carbocycles. The van der Waals surface area contributed by atoms with Crippen LogP contribution in [0.2, 0.25) is 20.1 Å². The third-order valence-corrected chi connectivity index (χ3v) is 6.88. The van der Waals surface area contributed by atoms with Crippen LogP contribution in [0.1, 0.15) is 0 Å². The van der Waals surface area contributed by atoms with Crippen LogP contribution in [-0.4, -0.2) is 13.4 Å². The van der Waals surface area contributed by atoms with E-state index in [4.69, 9.17) is 51.1 Å². The van der Waals surface area contributed by atoms with Crippen molar-refractivity contribution in [3.8, 4) is 11.5 Å². The van der Waals surface area contributed by atoms with Gasteiger partial charge >= 0.3 is 0 Å². The predicted molar refractivity (Wildman–Crippen MR) is 133 cm³/mol. The molecule has 0 bridgehead atoms. The van der Waals surface area contributed by atoms with E-state index in [9.17, 15) is 8.42 Å². The number of fused-ring (bicyclic) bond motifs is 1. The van der Waals surface area contributed by atoms with Crippen molar-refractivity contribution in [2.45, 2.75) is 4.90 Å². The number of benzene rings is 3. The van der Waals surface area contributed by atoms with Gasteiger partial charge < -0.3 is 4.74 Å². The minimum atomic E-state index is -4.00. The van der Waals surface area contributed by atoms with Crippen molar-refractivity contribution in [1.29, 1.82) is 0 Å². The standard InChI is InChI=1S/C21H12Cl4N2O3S.ClH/c22-13-5-6-20(16(23)8-13)31(28,29)27-14-9-17(24)21(18(25)10-14)30-15-7-12-3-1-2-4-19(12)26-11-15;/h1-11,27H;1H. The molecule has 0 aliphatic carbocycles. The molecule has 11 heteroatoms. The summed E-state index contributed by atoms with van der Waals surface area (Å²) in [5.41, 5.74) is 0.961. The highest BCUT2D eigenvalue weighted by atomic mass is 35.5. The molecule has 3 aromatic carbocycles. The van der Waals surface area contributed by atoms with Gasteiger partial charge in [-0.1, -0.05) is 64.6 Å². The van der Waals surface area contributed by atoms with E-state index < -0.39 is 10.0 Å². The van der Waals surface area contributed by atoms with Gasteiger partial charge in [-0.05, 0) is 42.5 Å². The number of nitrogens with one attached hydrogen (secondary N) is 1. The summed E-state index contributed by atoms with van der Waals surface area (Å²) in [6, 6.07) is 16.2. The molecule has 0 amide bonds. The summed E-state index contributed by atoms with van der Waals surface area (Å²) in [7, 11) is -4.00. The van der Waals surface area contributed by atoms with E-state index in [0.717, 1.165) is 10.9 Å². The van der Waals surface area contributed by atoms with Gasteiger partial charge in [-0.3, -0.25) is 9.71 Å². The van der Waals surface area contributed by atoms with Gasteiger partial charge in [-0.25, -0.2) is 8.42 Å². The van der Waals surface area contributed by atoms with Crippen molar-refractivity contribution in [2.24, 2.45) is 0 Å². The molecule has 4 aromatic rings.